The molecule has 0 radical (unpaired) electrons. The van der Waals surface area contributed by atoms with E-state index in [2.05, 4.69) is 48.6 Å². The number of urea groups is 1. The molecule has 3 rings (SSSR count). The molecule has 1 heterocycles. The first-order chi connectivity index (χ1) is 10.8. The summed E-state index contributed by atoms with van der Waals surface area (Å²) < 4.78 is 0. The van der Waals surface area contributed by atoms with Gasteiger partial charge in [0.15, 0.2) is 0 Å². The Hall–Kier alpha value is -2.29. The van der Waals surface area contributed by atoms with Crippen LogP contribution < -0.4 is 5.32 Å². The summed E-state index contributed by atoms with van der Waals surface area (Å²) in [6.45, 7) is 4.27. The van der Waals surface area contributed by atoms with Crippen molar-refractivity contribution < 1.29 is 4.79 Å². The summed E-state index contributed by atoms with van der Waals surface area (Å²) in [7, 11) is 0. The number of hydrogen-bond acceptors (Lipinski definition) is 1. The Kier molecular flexibility index (Phi) is 4.42. The first kappa shape index (κ1) is 14.6. The van der Waals surface area contributed by atoms with Crippen molar-refractivity contribution >= 4 is 6.03 Å². The number of nitrogens with one attached hydrogen (secondary N) is 1. The Labute approximate surface area is 132 Å². The van der Waals surface area contributed by atoms with Crippen molar-refractivity contribution in [3.8, 4) is 0 Å². The van der Waals surface area contributed by atoms with Gasteiger partial charge in [-0.05, 0) is 23.1 Å². The van der Waals surface area contributed by atoms with E-state index >= 15 is 0 Å². The minimum atomic E-state index is 0.0329. The SMILES string of the molecule is CCC(CNC(=O)N1Cc2ccccc2C1)c1ccccc1. The number of rotatable bonds is 4. The summed E-state index contributed by atoms with van der Waals surface area (Å²) in [5, 5.41) is 3.10. The Bertz CT molecular complexity index is 614. The zero-order chi connectivity index (χ0) is 15.4. The van der Waals surface area contributed by atoms with Gasteiger partial charge in [-0.1, -0.05) is 61.5 Å². The summed E-state index contributed by atoms with van der Waals surface area (Å²) in [5.41, 5.74) is 3.80. The van der Waals surface area contributed by atoms with Crippen molar-refractivity contribution in [3.63, 3.8) is 0 Å². The van der Waals surface area contributed by atoms with Gasteiger partial charge in [-0.2, -0.15) is 0 Å². The third-order valence-corrected chi connectivity index (χ3v) is 4.39. The number of amides is 2. The molecule has 1 aliphatic heterocycles. The standard InChI is InChI=1S/C19H22N2O/c1-2-15(16-8-4-3-5-9-16)12-20-19(22)21-13-17-10-6-7-11-18(17)14-21/h3-11,15H,2,12-14H2,1H3,(H,20,22). The molecule has 0 fully saturated rings. The fraction of sp³-hybridized carbons (Fsp3) is 0.316. The van der Waals surface area contributed by atoms with Gasteiger partial charge in [0.1, 0.15) is 0 Å². The molecule has 0 aromatic heterocycles. The third-order valence-electron chi connectivity index (χ3n) is 4.39. The van der Waals surface area contributed by atoms with Crippen LogP contribution in [-0.2, 0) is 13.1 Å². The molecule has 1 unspecified atom stereocenters. The van der Waals surface area contributed by atoms with Crippen LogP contribution in [0.15, 0.2) is 54.6 Å². The fourth-order valence-electron chi connectivity index (χ4n) is 3.02. The normalized spacial score (nSPS) is 14.5. The maximum Gasteiger partial charge on any atom is 0.318 e. The number of benzene rings is 2. The third kappa shape index (κ3) is 3.14. The van der Waals surface area contributed by atoms with E-state index in [1.807, 2.05) is 23.1 Å². The van der Waals surface area contributed by atoms with Crippen LogP contribution in [0.1, 0.15) is 36.0 Å². The molecule has 2 aromatic rings. The summed E-state index contributed by atoms with van der Waals surface area (Å²) in [6, 6.07) is 18.7. The van der Waals surface area contributed by atoms with Crippen molar-refractivity contribution in [2.45, 2.75) is 32.4 Å². The zero-order valence-corrected chi connectivity index (χ0v) is 13.0. The van der Waals surface area contributed by atoms with Gasteiger partial charge in [0.05, 0.1) is 0 Å². The molecular formula is C19H22N2O. The maximum absolute atomic E-state index is 12.4. The van der Waals surface area contributed by atoms with E-state index in [9.17, 15) is 4.79 Å². The lowest BCUT2D eigenvalue weighted by atomic mass is 9.97. The summed E-state index contributed by atoms with van der Waals surface area (Å²) >= 11 is 0. The fourth-order valence-corrected chi connectivity index (χ4v) is 3.02. The van der Waals surface area contributed by atoms with Gasteiger partial charge in [0.25, 0.3) is 0 Å². The molecule has 0 saturated carbocycles. The molecule has 0 aliphatic carbocycles. The van der Waals surface area contributed by atoms with E-state index < -0.39 is 0 Å². The van der Waals surface area contributed by atoms with Crippen LogP contribution in [-0.4, -0.2) is 17.5 Å². The van der Waals surface area contributed by atoms with Gasteiger partial charge < -0.3 is 10.2 Å². The molecule has 22 heavy (non-hydrogen) atoms. The Balaban J connectivity index is 1.57. The topological polar surface area (TPSA) is 32.3 Å². The highest BCUT2D eigenvalue weighted by Crippen LogP contribution is 2.22. The highest BCUT2D eigenvalue weighted by molar-refractivity contribution is 5.75. The van der Waals surface area contributed by atoms with Crippen LogP contribution in [0.3, 0.4) is 0 Å². The lowest BCUT2D eigenvalue weighted by Gasteiger charge is -2.20. The maximum atomic E-state index is 12.4. The Morgan fingerprint density at radius 3 is 2.23 bits per heavy atom. The largest absolute Gasteiger partial charge is 0.337 e. The van der Waals surface area contributed by atoms with Crippen LogP contribution in [0, 0.1) is 0 Å². The quantitative estimate of drug-likeness (QED) is 0.911. The lowest BCUT2D eigenvalue weighted by Crippen LogP contribution is -2.38. The van der Waals surface area contributed by atoms with Gasteiger partial charge in [-0.25, -0.2) is 4.79 Å². The molecule has 3 heteroatoms. The second-order valence-corrected chi connectivity index (χ2v) is 5.83. The molecule has 0 spiro atoms. The second kappa shape index (κ2) is 6.65. The first-order valence-corrected chi connectivity index (χ1v) is 7.92. The van der Waals surface area contributed by atoms with Crippen LogP contribution >= 0.6 is 0 Å². The Morgan fingerprint density at radius 1 is 1.05 bits per heavy atom. The van der Waals surface area contributed by atoms with E-state index in [-0.39, 0.29) is 6.03 Å². The smallest absolute Gasteiger partial charge is 0.318 e. The highest BCUT2D eigenvalue weighted by atomic mass is 16.2. The molecule has 0 bridgehead atoms. The first-order valence-electron chi connectivity index (χ1n) is 7.92. The van der Waals surface area contributed by atoms with Gasteiger partial charge in [-0.15, -0.1) is 0 Å². The second-order valence-electron chi connectivity index (χ2n) is 5.83. The molecule has 1 aliphatic rings. The molecule has 114 valence electrons. The van der Waals surface area contributed by atoms with E-state index in [0.717, 1.165) is 6.42 Å². The van der Waals surface area contributed by atoms with E-state index in [1.54, 1.807) is 0 Å². The molecular weight excluding hydrogens is 272 g/mol. The van der Waals surface area contributed by atoms with Crippen molar-refractivity contribution in [2.24, 2.45) is 0 Å². The average Bonchev–Trinajstić information content (AvgIpc) is 3.00. The predicted octanol–water partition coefficient (Wildman–Crippen LogP) is 3.91. The summed E-state index contributed by atoms with van der Waals surface area (Å²) in [5.74, 6) is 0.370. The van der Waals surface area contributed by atoms with E-state index in [1.165, 1.54) is 16.7 Å². The van der Waals surface area contributed by atoms with Crippen molar-refractivity contribution in [3.05, 3.63) is 71.3 Å². The zero-order valence-electron chi connectivity index (χ0n) is 13.0. The van der Waals surface area contributed by atoms with Crippen LogP contribution in [0.5, 0.6) is 0 Å². The molecule has 2 aromatic carbocycles. The highest BCUT2D eigenvalue weighted by Gasteiger charge is 2.23. The molecule has 2 amide bonds. The van der Waals surface area contributed by atoms with Crippen LogP contribution in [0.2, 0.25) is 0 Å². The monoisotopic (exact) mass is 294 g/mol. The number of nitrogens with zero attached hydrogens (tertiary/aromatic N) is 1. The Morgan fingerprint density at radius 2 is 1.64 bits per heavy atom. The average molecular weight is 294 g/mol. The van der Waals surface area contributed by atoms with Gasteiger partial charge in [-0.3, -0.25) is 0 Å². The minimum Gasteiger partial charge on any atom is -0.337 e. The molecule has 1 atom stereocenters. The molecule has 3 nitrogen and oxygen atoms in total. The van der Waals surface area contributed by atoms with Gasteiger partial charge in [0.2, 0.25) is 0 Å². The van der Waals surface area contributed by atoms with E-state index in [0.29, 0.717) is 25.6 Å². The van der Waals surface area contributed by atoms with Crippen molar-refractivity contribution in [2.75, 3.05) is 6.54 Å². The predicted molar refractivity (Wildman–Crippen MR) is 88.6 cm³/mol. The minimum absolute atomic E-state index is 0.0329. The van der Waals surface area contributed by atoms with Gasteiger partial charge in [0, 0.05) is 25.6 Å². The summed E-state index contributed by atoms with van der Waals surface area (Å²) in [4.78, 5) is 14.3. The van der Waals surface area contributed by atoms with Crippen LogP contribution in [0.25, 0.3) is 0 Å². The number of fused-ring (bicyclic) bond motifs is 1. The number of carbonyl (C=O) groups is 1. The molecule has 0 saturated heterocycles. The van der Waals surface area contributed by atoms with Crippen molar-refractivity contribution in [1.82, 2.24) is 10.2 Å². The summed E-state index contributed by atoms with van der Waals surface area (Å²) in [6.07, 6.45) is 1.02. The molecule has 1 N–H and O–H groups in total. The number of carbonyl (C=O) groups excluding carboxylic acids is 1. The lowest BCUT2D eigenvalue weighted by molar-refractivity contribution is 0.197. The van der Waals surface area contributed by atoms with E-state index in [4.69, 9.17) is 0 Å². The van der Waals surface area contributed by atoms with Crippen molar-refractivity contribution in [1.29, 1.82) is 0 Å². The van der Waals surface area contributed by atoms with Crippen LogP contribution in [0.4, 0.5) is 4.79 Å². The van der Waals surface area contributed by atoms with Gasteiger partial charge >= 0.3 is 6.03 Å². The number of hydrogen-bond donors (Lipinski definition) is 1.